The predicted molar refractivity (Wildman–Crippen MR) is 29.7 cm³/mol. The predicted octanol–water partition coefficient (Wildman–Crippen LogP) is -0.916. The Morgan fingerprint density at radius 2 is 2.56 bits per heavy atom. The molecule has 0 aliphatic heterocycles. The molecule has 0 amide bonds. The van der Waals surface area contributed by atoms with E-state index in [2.05, 4.69) is 15.4 Å². The molecule has 0 bridgehead atoms. The van der Waals surface area contributed by atoms with Gasteiger partial charge in [-0.25, -0.2) is 14.1 Å². The number of nitrogens with zero attached hydrogens (tertiary/aromatic N) is 2. The quantitative estimate of drug-likeness (QED) is 0.478. The van der Waals surface area contributed by atoms with Crippen LogP contribution in [-0.2, 0) is 9.92 Å². The van der Waals surface area contributed by atoms with E-state index in [0.717, 1.165) is 0 Å². The number of rotatable bonds is 1. The summed E-state index contributed by atoms with van der Waals surface area (Å²) < 4.78 is 17.3. The Balaban J connectivity index is 3.20. The van der Waals surface area contributed by atoms with Gasteiger partial charge in [-0.1, -0.05) is 5.21 Å². The van der Waals surface area contributed by atoms with E-state index in [1.807, 2.05) is 0 Å². The topological polar surface area (TPSA) is 109 Å². The lowest BCUT2D eigenvalue weighted by Crippen LogP contribution is -2.10. The summed E-state index contributed by atoms with van der Waals surface area (Å²) >= 11 is 0. The van der Waals surface area contributed by atoms with Crippen molar-refractivity contribution >= 4 is 9.92 Å². The lowest BCUT2D eigenvalue weighted by molar-refractivity contribution is 0.672. The Kier molecular flexibility index (Phi) is 1.22. The number of aromatic amines is 1. The van der Waals surface area contributed by atoms with Crippen molar-refractivity contribution in [3.8, 4) is 0 Å². The fourth-order valence-corrected chi connectivity index (χ4v) is 0.729. The van der Waals surface area contributed by atoms with Crippen LogP contribution in [0.1, 0.15) is 0 Å². The minimum absolute atomic E-state index is 0.0255. The molecule has 0 saturated heterocycles. The first-order valence-electron chi connectivity index (χ1n) is 2.04. The lowest BCUT2D eigenvalue weighted by atomic mass is 11.0. The zero-order valence-corrected chi connectivity index (χ0v) is 5.18. The highest BCUT2D eigenvalue weighted by Gasteiger charge is 2.04. The Bertz CT molecular complexity index is 272. The first kappa shape index (κ1) is 6.17. The summed E-state index contributed by atoms with van der Waals surface area (Å²) in [7, 11) is -3.16. The summed E-state index contributed by atoms with van der Waals surface area (Å²) in [5.74, 6) is 0. The van der Waals surface area contributed by atoms with Gasteiger partial charge in [0.25, 0.3) is 0 Å². The molecule has 1 aromatic heterocycles. The van der Waals surface area contributed by atoms with Gasteiger partial charge < -0.3 is 0 Å². The van der Waals surface area contributed by atoms with Gasteiger partial charge in [-0.15, -0.1) is 5.10 Å². The summed E-state index contributed by atoms with van der Waals surface area (Å²) in [6, 6.07) is 0. The molecule has 1 unspecified atom stereocenters. The summed E-state index contributed by atoms with van der Waals surface area (Å²) in [6.45, 7) is 0. The van der Waals surface area contributed by atoms with Gasteiger partial charge in [0.2, 0.25) is 0 Å². The molecule has 4 N–H and O–H groups in total. The molecule has 6 nitrogen and oxygen atoms in total. The van der Waals surface area contributed by atoms with Crippen molar-refractivity contribution in [2.24, 2.45) is 5.14 Å². The molecule has 0 fully saturated rings. The second kappa shape index (κ2) is 1.78. The first-order valence-corrected chi connectivity index (χ1v) is 3.66. The number of aromatic nitrogens is 3. The molecule has 0 aliphatic rings. The normalized spacial score (nSPS) is 17.0. The fraction of sp³-hybridized carbons (Fsp3) is 0. The van der Waals surface area contributed by atoms with E-state index >= 15 is 0 Å². The molecule has 0 saturated carbocycles. The average Bonchev–Trinajstić information content (AvgIpc) is 2.08. The molecule has 1 aromatic rings. The molecule has 50 valence electrons. The van der Waals surface area contributed by atoms with Crippen LogP contribution in [0.2, 0.25) is 0 Å². The molecule has 1 rings (SSSR count). The third kappa shape index (κ3) is 1.24. The summed E-state index contributed by atoms with van der Waals surface area (Å²) in [4.78, 5) is 0. The van der Waals surface area contributed by atoms with Crippen molar-refractivity contribution in [2.75, 3.05) is 0 Å². The van der Waals surface area contributed by atoms with Crippen molar-refractivity contribution in [2.45, 2.75) is 5.03 Å². The minimum atomic E-state index is -3.16. The van der Waals surface area contributed by atoms with Crippen molar-refractivity contribution < 1.29 is 4.21 Å². The van der Waals surface area contributed by atoms with Crippen LogP contribution in [0, 0.1) is 4.78 Å². The molecule has 9 heavy (non-hydrogen) atoms. The smallest absolute Gasteiger partial charge is 0.191 e. The second-order valence-corrected chi connectivity index (χ2v) is 3.03. The van der Waals surface area contributed by atoms with Gasteiger partial charge >= 0.3 is 0 Å². The molecule has 7 heteroatoms. The highest BCUT2D eigenvalue weighted by Crippen LogP contribution is 1.95. The number of nitrogens with one attached hydrogen (secondary N) is 2. The van der Waals surface area contributed by atoms with Gasteiger partial charge in [0, 0.05) is 0 Å². The van der Waals surface area contributed by atoms with Crippen LogP contribution in [0.3, 0.4) is 0 Å². The number of hydrogen-bond acceptors (Lipinski definition) is 4. The van der Waals surface area contributed by atoms with Crippen molar-refractivity contribution in [3.05, 3.63) is 6.20 Å². The third-order valence-electron chi connectivity index (χ3n) is 0.705. The van der Waals surface area contributed by atoms with Crippen LogP contribution in [0.4, 0.5) is 0 Å². The molecular weight excluding hydrogens is 142 g/mol. The molecule has 0 radical (unpaired) electrons. The average molecular weight is 147 g/mol. The van der Waals surface area contributed by atoms with Crippen LogP contribution < -0.4 is 5.14 Å². The first-order chi connectivity index (χ1) is 4.11. The number of hydrogen-bond donors (Lipinski definition) is 3. The van der Waals surface area contributed by atoms with Crippen LogP contribution in [0.25, 0.3) is 0 Å². The van der Waals surface area contributed by atoms with Gasteiger partial charge in [-0.3, -0.25) is 5.10 Å². The van der Waals surface area contributed by atoms with Crippen molar-refractivity contribution in [1.29, 1.82) is 4.78 Å². The highest BCUT2D eigenvalue weighted by atomic mass is 32.2. The van der Waals surface area contributed by atoms with Gasteiger partial charge in [-0.2, -0.15) is 0 Å². The van der Waals surface area contributed by atoms with Gasteiger partial charge in [0.05, 0.1) is 6.20 Å². The lowest BCUT2D eigenvalue weighted by Gasteiger charge is -1.88. The SMILES string of the molecule is N=S(N)(=O)c1c[nH]nn1. The van der Waals surface area contributed by atoms with Crippen LogP contribution in [0.15, 0.2) is 11.2 Å². The monoisotopic (exact) mass is 147 g/mol. The Labute approximate surface area is 51.6 Å². The van der Waals surface area contributed by atoms with Crippen molar-refractivity contribution in [3.63, 3.8) is 0 Å². The van der Waals surface area contributed by atoms with Gasteiger partial charge in [0.15, 0.2) is 14.9 Å². The third-order valence-corrected chi connectivity index (χ3v) is 1.53. The highest BCUT2D eigenvalue weighted by molar-refractivity contribution is 7.90. The van der Waals surface area contributed by atoms with E-state index in [9.17, 15) is 4.21 Å². The largest absolute Gasteiger partial charge is 0.264 e. The number of H-pyrrole nitrogens is 1. The van der Waals surface area contributed by atoms with E-state index in [1.165, 1.54) is 6.20 Å². The maximum Gasteiger partial charge on any atom is 0.191 e. The summed E-state index contributed by atoms with van der Waals surface area (Å²) in [5, 5.41) is 13.7. The fourth-order valence-electron chi connectivity index (χ4n) is 0.339. The zero-order valence-electron chi connectivity index (χ0n) is 4.37. The van der Waals surface area contributed by atoms with E-state index in [1.54, 1.807) is 0 Å². The second-order valence-electron chi connectivity index (χ2n) is 1.41. The maximum absolute atomic E-state index is 10.6. The zero-order chi connectivity index (χ0) is 6.91. The van der Waals surface area contributed by atoms with Crippen LogP contribution in [-0.4, -0.2) is 19.6 Å². The maximum atomic E-state index is 10.6. The Hall–Kier alpha value is -0.950. The minimum Gasteiger partial charge on any atom is -0.264 e. The summed E-state index contributed by atoms with van der Waals surface area (Å²) in [5.41, 5.74) is 0. The molecule has 0 spiro atoms. The van der Waals surface area contributed by atoms with E-state index in [4.69, 9.17) is 9.92 Å². The summed E-state index contributed by atoms with van der Waals surface area (Å²) in [6.07, 6.45) is 1.23. The molecule has 1 atom stereocenters. The van der Waals surface area contributed by atoms with Crippen LogP contribution >= 0.6 is 0 Å². The van der Waals surface area contributed by atoms with E-state index in [-0.39, 0.29) is 5.03 Å². The van der Waals surface area contributed by atoms with Crippen molar-refractivity contribution in [1.82, 2.24) is 15.4 Å². The molecule has 0 aromatic carbocycles. The Morgan fingerprint density at radius 1 is 1.89 bits per heavy atom. The molecule has 0 aliphatic carbocycles. The standard InChI is InChI=1S/C2H5N5OS/c3-9(4,8)2-1-5-7-6-2/h1H,(H3,3,4,8)(H,5,6,7). The number of nitrogens with two attached hydrogens (primary N) is 1. The molecule has 1 heterocycles. The molecular formula is C2H5N5OS. The Morgan fingerprint density at radius 3 is 2.78 bits per heavy atom. The van der Waals surface area contributed by atoms with Crippen LogP contribution in [0.5, 0.6) is 0 Å². The van der Waals surface area contributed by atoms with Gasteiger partial charge in [0.1, 0.15) is 0 Å². The van der Waals surface area contributed by atoms with E-state index < -0.39 is 9.92 Å². The van der Waals surface area contributed by atoms with Gasteiger partial charge in [-0.05, 0) is 0 Å². The van der Waals surface area contributed by atoms with E-state index in [0.29, 0.717) is 0 Å².